The molecule has 8 heteroatoms. The van der Waals surface area contributed by atoms with Crippen molar-refractivity contribution in [3.05, 3.63) is 29.2 Å². The second-order valence-corrected chi connectivity index (χ2v) is 11.4. The summed E-state index contributed by atoms with van der Waals surface area (Å²) in [4.78, 5) is 3.12. The molecule has 0 aromatic rings. The molecule has 0 aliphatic heterocycles. The van der Waals surface area contributed by atoms with Gasteiger partial charge in [0.2, 0.25) is 0 Å². The zero-order valence-corrected chi connectivity index (χ0v) is 16.9. The first kappa shape index (κ1) is 21.8. The maximum atomic E-state index is 12.6. The van der Waals surface area contributed by atoms with Crippen LogP contribution in [0.15, 0.2) is 23.6 Å². The van der Waals surface area contributed by atoms with Crippen molar-refractivity contribution in [2.24, 2.45) is 11.3 Å². The average molecular weight is 389 g/mol. The van der Waals surface area contributed by atoms with Gasteiger partial charge in [0.25, 0.3) is 9.84 Å². The van der Waals surface area contributed by atoms with Crippen LogP contribution in [-0.2, 0) is 19.7 Å². The summed E-state index contributed by atoms with van der Waals surface area (Å²) < 4.78 is 50.1. The molecule has 25 heavy (non-hydrogen) atoms. The first-order chi connectivity index (χ1) is 11.5. The molecule has 0 saturated heterocycles. The minimum atomic E-state index is -3.87. The summed E-state index contributed by atoms with van der Waals surface area (Å²) >= 11 is 0. The Balaban J connectivity index is 3.20. The maximum Gasteiger partial charge on any atom is 0.384 e. The molecule has 1 aliphatic carbocycles. The largest absolute Gasteiger partial charge is 0.384 e. The lowest BCUT2D eigenvalue weighted by Gasteiger charge is -2.22. The molecule has 0 atom stereocenters. The van der Waals surface area contributed by atoms with Gasteiger partial charge in [0, 0.05) is 4.91 Å². The van der Waals surface area contributed by atoms with Crippen molar-refractivity contribution < 1.29 is 21.6 Å². The van der Waals surface area contributed by atoms with Gasteiger partial charge in [-0.05, 0) is 18.3 Å². The molecule has 0 aromatic heterocycles. The Morgan fingerprint density at radius 2 is 1.64 bits per heavy atom. The highest BCUT2D eigenvalue weighted by molar-refractivity contribution is 8.06. The van der Waals surface area contributed by atoms with Gasteiger partial charge in [-0.2, -0.15) is 4.79 Å². The fraction of sp³-hybridized carbons (Fsp3) is 0.706. The van der Waals surface area contributed by atoms with Gasteiger partial charge >= 0.3 is 5.04 Å². The minimum absolute atomic E-state index is 0.0596. The fourth-order valence-corrected chi connectivity index (χ4v) is 6.45. The Bertz CT molecular complexity index is 775. The number of allylic oxidation sites excluding steroid dienone is 1. The molecule has 1 fully saturated rings. The van der Waals surface area contributed by atoms with Gasteiger partial charge in [-0.25, -0.2) is 16.8 Å². The molecule has 0 amide bonds. The molecule has 142 valence electrons. The van der Waals surface area contributed by atoms with Crippen molar-refractivity contribution >= 4 is 24.7 Å². The van der Waals surface area contributed by atoms with E-state index in [0.29, 0.717) is 12.8 Å². The van der Waals surface area contributed by atoms with Crippen molar-refractivity contribution in [1.82, 2.24) is 0 Å². The van der Waals surface area contributed by atoms with Crippen LogP contribution < -0.4 is 0 Å². The monoisotopic (exact) mass is 388 g/mol. The van der Waals surface area contributed by atoms with Crippen LogP contribution in [0.4, 0.5) is 0 Å². The second kappa shape index (κ2) is 8.43. The van der Waals surface area contributed by atoms with E-state index in [0.717, 1.165) is 19.3 Å². The molecule has 0 N–H and O–H groups in total. The lowest BCUT2D eigenvalue weighted by Crippen LogP contribution is -2.29. The van der Waals surface area contributed by atoms with Gasteiger partial charge in [-0.1, -0.05) is 52.2 Å². The Morgan fingerprint density at radius 3 is 2.08 bits per heavy atom. The summed E-state index contributed by atoms with van der Waals surface area (Å²) in [6.45, 7) is 8.59. The van der Waals surface area contributed by atoms with Gasteiger partial charge in [-0.15, -0.1) is 6.58 Å². The van der Waals surface area contributed by atoms with Crippen LogP contribution in [0.2, 0.25) is 0 Å². The summed E-state index contributed by atoms with van der Waals surface area (Å²) in [6.07, 6.45) is 6.70. The number of sulfone groups is 2. The molecule has 0 bridgehead atoms. The molecule has 0 radical (unpaired) electrons. The molecule has 0 spiro atoms. The van der Waals surface area contributed by atoms with E-state index in [2.05, 4.69) is 11.4 Å². The van der Waals surface area contributed by atoms with Gasteiger partial charge < -0.3 is 5.53 Å². The number of hydrogen-bond donors (Lipinski definition) is 0. The molecule has 1 saturated carbocycles. The van der Waals surface area contributed by atoms with Crippen LogP contribution in [-0.4, -0.2) is 38.2 Å². The van der Waals surface area contributed by atoms with Gasteiger partial charge in [0.05, 0.1) is 17.4 Å². The third-order valence-electron chi connectivity index (χ3n) is 4.27. The average Bonchev–Trinajstić information content (AvgIpc) is 2.46. The Labute approximate surface area is 151 Å². The third kappa shape index (κ3) is 5.90. The Hall–Kier alpha value is -1.24. The normalized spacial score (nSPS) is 17.8. The minimum Gasteiger partial charge on any atom is -0.360 e. The summed E-state index contributed by atoms with van der Waals surface area (Å²) in [5, 5.41) is -0.224. The Morgan fingerprint density at radius 1 is 1.08 bits per heavy atom. The standard InChI is InChI=1S/C17H28N2O4S2/c1-5-12-24(20,21)15(17(2,3)4)11-13-25(22,23)16(19-18)14-9-7-6-8-10-14/h5,11,14H,1,6-10,12-13H2,2-4H3. The molecule has 1 rings (SSSR count). The zero-order chi connectivity index (χ0) is 19.3. The summed E-state index contributed by atoms with van der Waals surface area (Å²) in [7, 11) is -7.50. The van der Waals surface area contributed by atoms with E-state index >= 15 is 0 Å². The summed E-state index contributed by atoms with van der Waals surface area (Å²) in [5.74, 6) is -1.04. The summed E-state index contributed by atoms with van der Waals surface area (Å²) in [5.41, 5.74) is 8.50. The van der Waals surface area contributed by atoms with E-state index in [1.54, 1.807) is 20.8 Å². The first-order valence-electron chi connectivity index (χ1n) is 8.44. The SMILES string of the molecule is C=CCS(=O)(=O)C(=CCS(=O)(=O)C(=[N+]=[N-])C1CCCCC1)C(C)(C)C. The van der Waals surface area contributed by atoms with E-state index in [4.69, 9.17) is 0 Å². The van der Waals surface area contributed by atoms with E-state index in [9.17, 15) is 22.4 Å². The van der Waals surface area contributed by atoms with Crippen LogP contribution in [0.3, 0.4) is 0 Å². The highest BCUT2D eigenvalue weighted by Crippen LogP contribution is 2.31. The summed E-state index contributed by atoms with van der Waals surface area (Å²) in [6, 6.07) is 0. The molecule has 1 aliphatic rings. The smallest absolute Gasteiger partial charge is 0.360 e. The lowest BCUT2D eigenvalue weighted by atomic mass is 9.90. The topological polar surface area (TPSA) is 105 Å². The van der Waals surface area contributed by atoms with Gasteiger partial charge in [0.15, 0.2) is 9.84 Å². The van der Waals surface area contributed by atoms with E-state index < -0.39 is 30.8 Å². The molecular formula is C17H28N2O4S2. The molecule has 6 nitrogen and oxygen atoms in total. The predicted octanol–water partition coefficient (Wildman–Crippen LogP) is 3.14. The van der Waals surface area contributed by atoms with Gasteiger partial charge in [0.1, 0.15) is 0 Å². The molecule has 0 unspecified atom stereocenters. The molecular weight excluding hydrogens is 360 g/mol. The van der Waals surface area contributed by atoms with Gasteiger partial charge in [-0.3, -0.25) is 0 Å². The zero-order valence-electron chi connectivity index (χ0n) is 15.2. The third-order valence-corrected chi connectivity index (χ3v) is 8.05. The van der Waals surface area contributed by atoms with Crippen molar-refractivity contribution in [2.75, 3.05) is 11.5 Å². The van der Waals surface area contributed by atoms with Crippen molar-refractivity contribution in [2.45, 2.75) is 52.9 Å². The maximum absolute atomic E-state index is 12.6. The number of rotatable bonds is 6. The molecule has 0 heterocycles. The molecule has 0 aromatic carbocycles. The van der Waals surface area contributed by atoms with Crippen LogP contribution in [0.25, 0.3) is 5.53 Å². The van der Waals surface area contributed by atoms with Crippen LogP contribution in [0.5, 0.6) is 0 Å². The van der Waals surface area contributed by atoms with Crippen LogP contribution in [0, 0.1) is 11.3 Å². The lowest BCUT2D eigenvalue weighted by molar-refractivity contribution is -0.00901. The van der Waals surface area contributed by atoms with Crippen LogP contribution in [0.1, 0.15) is 52.9 Å². The number of nitrogens with zero attached hydrogens (tertiary/aromatic N) is 2. The fourth-order valence-electron chi connectivity index (χ4n) is 3.16. The van der Waals surface area contributed by atoms with E-state index in [1.165, 1.54) is 12.2 Å². The van der Waals surface area contributed by atoms with E-state index in [-0.39, 0.29) is 21.6 Å². The first-order valence-corrected chi connectivity index (χ1v) is 11.7. The van der Waals surface area contributed by atoms with Crippen molar-refractivity contribution in [1.29, 1.82) is 0 Å². The second-order valence-electron chi connectivity index (χ2n) is 7.44. The highest BCUT2D eigenvalue weighted by atomic mass is 32.2. The quantitative estimate of drug-likeness (QED) is 0.229. The predicted molar refractivity (Wildman–Crippen MR) is 101 cm³/mol. The van der Waals surface area contributed by atoms with Crippen molar-refractivity contribution in [3.63, 3.8) is 0 Å². The van der Waals surface area contributed by atoms with Crippen LogP contribution >= 0.6 is 0 Å². The number of hydrogen-bond acceptors (Lipinski definition) is 4. The highest BCUT2D eigenvalue weighted by Gasteiger charge is 2.37. The van der Waals surface area contributed by atoms with Crippen molar-refractivity contribution in [3.8, 4) is 0 Å². The Kier molecular flexibility index (Phi) is 7.35. The van der Waals surface area contributed by atoms with E-state index in [1.807, 2.05) is 0 Å².